The maximum absolute atomic E-state index is 14.2. The number of rotatable bonds is 7. The Morgan fingerprint density at radius 3 is 2.47 bits per heavy atom. The minimum Gasteiger partial charge on any atom is -0.497 e. The SMILES string of the molecule is COc1ccc(CN=C(NCc2nnc(C)n2C)NC(C)c2ccc(F)cc2F)cc1.I. The monoisotopic (exact) mass is 556 g/mol. The first kappa shape index (κ1) is 25.5. The van der Waals surface area contributed by atoms with E-state index in [1.54, 1.807) is 14.0 Å². The Bertz CT molecular complexity index is 1060. The number of methoxy groups -OCH3 is 1. The second kappa shape index (κ2) is 11.7. The summed E-state index contributed by atoms with van der Waals surface area (Å²) in [6.07, 6.45) is 0. The molecule has 0 saturated heterocycles. The molecule has 7 nitrogen and oxygen atoms in total. The molecule has 2 N–H and O–H groups in total. The lowest BCUT2D eigenvalue weighted by atomic mass is 10.1. The zero-order valence-corrected chi connectivity index (χ0v) is 20.7. The van der Waals surface area contributed by atoms with Crippen molar-refractivity contribution in [3.05, 3.63) is 76.9 Å². The van der Waals surface area contributed by atoms with Gasteiger partial charge in [-0.15, -0.1) is 34.2 Å². The molecule has 1 atom stereocenters. The van der Waals surface area contributed by atoms with Crippen LogP contribution in [-0.4, -0.2) is 27.8 Å². The highest BCUT2D eigenvalue weighted by molar-refractivity contribution is 14.0. The molecule has 0 spiro atoms. The summed E-state index contributed by atoms with van der Waals surface area (Å²) in [5, 5.41) is 14.6. The van der Waals surface area contributed by atoms with Gasteiger partial charge in [0.25, 0.3) is 0 Å². The minimum absolute atomic E-state index is 0. The van der Waals surface area contributed by atoms with Crippen LogP contribution in [0, 0.1) is 18.6 Å². The number of nitrogens with one attached hydrogen (secondary N) is 2. The van der Waals surface area contributed by atoms with Crippen molar-refractivity contribution < 1.29 is 13.5 Å². The van der Waals surface area contributed by atoms with Crippen LogP contribution in [0.1, 0.15) is 35.7 Å². The van der Waals surface area contributed by atoms with Crippen molar-refractivity contribution in [3.8, 4) is 5.75 Å². The van der Waals surface area contributed by atoms with Crippen LogP contribution >= 0.6 is 24.0 Å². The highest BCUT2D eigenvalue weighted by Gasteiger charge is 2.14. The third kappa shape index (κ3) is 6.62. The van der Waals surface area contributed by atoms with Crippen LogP contribution in [0.15, 0.2) is 47.5 Å². The summed E-state index contributed by atoms with van der Waals surface area (Å²) in [7, 11) is 3.49. The van der Waals surface area contributed by atoms with Crippen molar-refractivity contribution >= 4 is 29.9 Å². The van der Waals surface area contributed by atoms with Gasteiger partial charge < -0.3 is 19.9 Å². The molecule has 0 radical (unpaired) electrons. The molecule has 172 valence electrons. The van der Waals surface area contributed by atoms with E-state index in [1.807, 2.05) is 42.8 Å². The highest BCUT2D eigenvalue weighted by atomic mass is 127. The first-order valence-corrected chi connectivity index (χ1v) is 9.85. The van der Waals surface area contributed by atoms with E-state index in [4.69, 9.17) is 4.74 Å². The van der Waals surface area contributed by atoms with Crippen LogP contribution in [0.3, 0.4) is 0 Å². The molecule has 0 aliphatic heterocycles. The van der Waals surface area contributed by atoms with E-state index in [2.05, 4.69) is 25.8 Å². The smallest absolute Gasteiger partial charge is 0.192 e. The van der Waals surface area contributed by atoms with Crippen LogP contribution in [0.25, 0.3) is 0 Å². The molecule has 32 heavy (non-hydrogen) atoms. The zero-order valence-electron chi connectivity index (χ0n) is 18.4. The van der Waals surface area contributed by atoms with Crippen molar-refractivity contribution in [2.24, 2.45) is 12.0 Å². The van der Waals surface area contributed by atoms with Gasteiger partial charge in [0.2, 0.25) is 0 Å². The lowest BCUT2D eigenvalue weighted by Crippen LogP contribution is -2.39. The number of guanidine groups is 1. The molecule has 0 amide bonds. The van der Waals surface area contributed by atoms with Gasteiger partial charge in [0, 0.05) is 18.7 Å². The van der Waals surface area contributed by atoms with Gasteiger partial charge in [-0.25, -0.2) is 13.8 Å². The molecule has 10 heteroatoms. The van der Waals surface area contributed by atoms with Crippen molar-refractivity contribution in [3.63, 3.8) is 0 Å². The predicted molar refractivity (Wildman–Crippen MR) is 130 cm³/mol. The predicted octanol–water partition coefficient (Wildman–Crippen LogP) is 4.02. The highest BCUT2D eigenvalue weighted by Crippen LogP contribution is 2.18. The first-order valence-electron chi connectivity index (χ1n) is 9.85. The van der Waals surface area contributed by atoms with Crippen LogP contribution < -0.4 is 15.4 Å². The second-order valence-corrected chi connectivity index (χ2v) is 7.12. The van der Waals surface area contributed by atoms with Crippen molar-refractivity contribution in [2.75, 3.05) is 7.11 Å². The van der Waals surface area contributed by atoms with E-state index >= 15 is 0 Å². The van der Waals surface area contributed by atoms with Crippen LogP contribution in [0.5, 0.6) is 5.75 Å². The fourth-order valence-corrected chi connectivity index (χ4v) is 2.96. The van der Waals surface area contributed by atoms with E-state index in [9.17, 15) is 8.78 Å². The number of aryl methyl sites for hydroxylation is 1. The number of nitrogens with zero attached hydrogens (tertiary/aromatic N) is 4. The Kier molecular flexibility index (Phi) is 9.36. The molecule has 0 saturated carbocycles. The zero-order chi connectivity index (χ0) is 22.4. The molecule has 2 aromatic carbocycles. The molecule has 3 aromatic rings. The molecule has 1 unspecified atom stereocenters. The molecule has 0 aliphatic rings. The maximum atomic E-state index is 14.2. The Morgan fingerprint density at radius 2 is 1.88 bits per heavy atom. The summed E-state index contributed by atoms with van der Waals surface area (Å²) in [5.74, 6) is 1.53. The van der Waals surface area contributed by atoms with Crippen molar-refractivity contribution in [1.29, 1.82) is 0 Å². The number of hydrogen-bond acceptors (Lipinski definition) is 4. The Labute approximate surface area is 203 Å². The summed E-state index contributed by atoms with van der Waals surface area (Å²) >= 11 is 0. The van der Waals surface area contributed by atoms with Gasteiger partial charge in [-0.1, -0.05) is 18.2 Å². The fraction of sp³-hybridized carbons (Fsp3) is 0.318. The van der Waals surface area contributed by atoms with Crippen molar-refractivity contribution in [1.82, 2.24) is 25.4 Å². The Balaban J connectivity index is 0.00000363. The quantitative estimate of drug-likeness (QED) is 0.261. The van der Waals surface area contributed by atoms with Gasteiger partial charge in [0.1, 0.15) is 23.2 Å². The van der Waals surface area contributed by atoms with Crippen LogP contribution in [-0.2, 0) is 20.1 Å². The van der Waals surface area contributed by atoms with Crippen LogP contribution in [0.4, 0.5) is 8.78 Å². The number of halogens is 3. The molecule has 0 fully saturated rings. The summed E-state index contributed by atoms with van der Waals surface area (Å²) in [4.78, 5) is 4.61. The van der Waals surface area contributed by atoms with E-state index in [-0.39, 0.29) is 24.0 Å². The number of hydrogen-bond donors (Lipinski definition) is 2. The number of aliphatic imine (C=N–C) groups is 1. The maximum Gasteiger partial charge on any atom is 0.192 e. The Morgan fingerprint density at radius 1 is 1.16 bits per heavy atom. The summed E-state index contributed by atoms with van der Waals surface area (Å²) in [5.41, 5.74) is 1.33. The van der Waals surface area contributed by atoms with Gasteiger partial charge in [-0.3, -0.25) is 0 Å². The van der Waals surface area contributed by atoms with Crippen molar-refractivity contribution in [2.45, 2.75) is 33.0 Å². The number of benzene rings is 2. The van der Waals surface area contributed by atoms with Gasteiger partial charge in [-0.2, -0.15) is 0 Å². The molecule has 1 aromatic heterocycles. The normalized spacial score (nSPS) is 12.1. The summed E-state index contributed by atoms with van der Waals surface area (Å²) in [6.45, 7) is 4.43. The molecular weight excluding hydrogens is 529 g/mol. The van der Waals surface area contributed by atoms with Gasteiger partial charge in [0.05, 0.1) is 26.2 Å². The second-order valence-electron chi connectivity index (χ2n) is 7.12. The molecule has 0 bridgehead atoms. The lowest BCUT2D eigenvalue weighted by molar-refractivity contribution is 0.414. The third-order valence-electron chi connectivity index (χ3n) is 4.96. The fourth-order valence-electron chi connectivity index (χ4n) is 2.96. The first-order chi connectivity index (χ1) is 14.9. The van der Waals surface area contributed by atoms with E-state index in [1.165, 1.54) is 12.1 Å². The molecular formula is C22H27F2IN6O. The summed E-state index contributed by atoms with van der Waals surface area (Å²) < 4.78 is 34.5. The number of ether oxygens (including phenoxy) is 1. The van der Waals surface area contributed by atoms with Gasteiger partial charge in [-0.05, 0) is 37.6 Å². The molecule has 1 heterocycles. The molecule has 0 aliphatic carbocycles. The van der Waals surface area contributed by atoms with E-state index in [0.29, 0.717) is 24.6 Å². The largest absolute Gasteiger partial charge is 0.497 e. The third-order valence-corrected chi connectivity index (χ3v) is 4.96. The van der Waals surface area contributed by atoms with Gasteiger partial charge in [0.15, 0.2) is 11.8 Å². The number of aromatic nitrogens is 3. The minimum atomic E-state index is -0.613. The average molecular weight is 556 g/mol. The van der Waals surface area contributed by atoms with E-state index < -0.39 is 17.7 Å². The van der Waals surface area contributed by atoms with Gasteiger partial charge >= 0.3 is 0 Å². The molecule has 3 rings (SSSR count). The standard InChI is InChI=1S/C22H26F2N6O.HI/c1-14(19-10-7-17(23)11-20(19)24)27-22(26-13-21-29-28-15(2)30(21)3)25-12-16-5-8-18(31-4)9-6-16;/h5-11,14H,12-13H2,1-4H3,(H2,25,26,27);1H. The average Bonchev–Trinajstić information content (AvgIpc) is 3.08. The summed E-state index contributed by atoms with van der Waals surface area (Å²) in [6, 6.07) is 10.7. The van der Waals surface area contributed by atoms with E-state index in [0.717, 1.165) is 29.0 Å². The Hall–Kier alpha value is -2.76. The lowest BCUT2D eigenvalue weighted by Gasteiger charge is -2.19. The topological polar surface area (TPSA) is 76.4 Å². The van der Waals surface area contributed by atoms with Crippen LogP contribution in [0.2, 0.25) is 0 Å².